The van der Waals surface area contributed by atoms with Gasteiger partial charge in [-0.15, -0.1) is 0 Å². The van der Waals surface area contributed by atoms with Gasteiger partial charge in [0.2, 0.25) is 0 Å². The Hall–Kier alpha value is -3.91. The number of carbonyl (C=O) groups excluding carboxylic acids is 1. The van der Waals surface area contributed by atoms with E-state index in [9.17, 15) is 4.79 Å². The third-order valence-electron chi connectivity index (χ3n) is 6.98. The average Bonchev–Trinajstić information content (AvgIpc) is 3.62. The Balaban J connectivity index is 0.000000222. The van der Waals surface area contributed by atoms with Gasteiger partial charge < -0.3 is 10.5 Å². The molecule has 5 rings (SSSR count). The van der Waals surface area contributed by atoms with Gasteiger partial charge in [0, 0.05) is 39.5 Å². The average molecular weight is 647 g/mol. The molecule has 3 aromatic carbocycles. The minimum atomic E-state index is -0.266. The second kappa shape index (κ2) is 14.5. The predicted octanol–water partition coefficient (Wildman–Crippen LogP) is 8.64. The van der Waals surface area contributed by atoms with Crippen LogP contribution >= 0.6 is 23.2 Å². The van der Waals surface area contributed by atoms with Crippen LogP contribution in [0.5, 0.6) is 5.75 Å². The largest absolute Gasteiger partial charge is 0.427 e. The molecule has 9 heteroatoms. The van der Waals surface area contributed by atoms with Gasteiger partial charge in [0.1, 0.15) is 5.75 Å². The molecule has 0 fully saturated rings. The molecule has 0 saturated heterocycles. The first-order valence-electron chi connectivity index (χ1n) is 14.9. The van der Waals surface area contributed by atoms with Crippen LogP contribution in [0.3, 0.4) is 0 Å². The summed E-state index contributed by atoms with van der Waals surface area (Å²) in [5.74, 6) is 0.290. The van der Waals surface area contributed by atoms with Crippen molar-refractivity contribution in [3.05, 3.63) is 124 Å². The summed E-state index contributed by atoms with van der Waals surface area (Å²) in [7, 11) is 0. The maximum absolute atomic E-state index is 12.2. The van der Waals surface area contributed by atoms with Crippen molar-refractivity contribution < 1.29 is 9.53 Å². The molecule has 0 aliphatic rings. The molecule has 0 unspecified atom stereocenters. The van der Waals surface area contributed by atoms with Gasteiger partial charge in [-0.1, -0.05) is 95.1 Å². The fourth-order valence-corrected chi connectivity index (χ4v) is 4.83. The van der Waals surface area contributed by atoms with Crippen molar-refractivity contribution in [3.8, 4) is 17.1 Å². The molecule has 2 heterocycles. The molecule has 7 nitrogen and oxygen atoms in total. The van der Waals surface area contributed by atoms with Crippen LogP contribution in [0.4, 0.5) is 0 Å². The fourth-order valence-electron chi connectivity index (χ4n) is 4.46. The van der Waals surface area contributed by atoms with E-state index in [1.165, 1.54) is 0 Å². The molecule has 0 aliphatic heterocycles. The van der Waals surface area contributed by atoms with Crippen LogP contribution < -0.4 is 10.5 Å². The summed E-state index contributed by atoms with van der Waals surface area (Å²) in [5, 5.41) is 10.7. The van der Waals surface area contributed by atoms with E-state index in [4.69, 9.17) is 38.8 Å². The highest BCUT2D eigenvalue weighted by Crippen LogP contribution is 2.26. The summed E-state index contributed by atoms with van der Waals surface area (Å²) in [6, 6.07) is 28.4. The van der Waals surface area contributed by atoms with E-state index >= 15 is 0 Å². The number of esters is 1. The van der Waals surface area contributed by atoms with E-state index in [0.717, 1.165) is 34.2 Å². The lowest BCUT2D eigenvalue weighted by Gasteiger charge is -2.14. The Morgan fingerprint density at radius 3 is 1.67 bits per heavy atom. The van der Waals surface area contributed by atoms with E-state index in [2.05, 4.69) is 58.8 Å². The number of aromatic nitrogens is 4. The minimum Gasteiger partial charge on any atom is -0.427 e. The predicted molar refractivity (Wildman–Crippen MR) is 183 cm³/mol. The summed E-state index contributed by atoms with van der Waals surface area (Å²) < 4.78 is 9.12. The molecule has 0 atom stereocenters. The van der Waals surface area contributed by atoms with Crippen molar-refractivity contribution in [2.24, 2.45) is 5.73 Å². The van der Waals surface area contributed by atoms with Crippen LogP contribution in [0.25, 0.3) is 11.4 Å². The van der Waals surface area contributed by atoms with Gasteiger partial charge in [0.15, 0.2) is 0 Å². The molecule has 236 valence electrons. The van der Waals surface area contributed by atoms with E-state index in [1.54, 1.807) is 12.1 Å². The number of nitrogens with two attached hydrogens (primary N) is 1. The zero-order valence-electron chi connectivity index (χ0n) is 26.7. The Bertz CT molecular complexity index is 1730. The van der Waals surface area contributed by atoms with Gasteiger partial charge >= 0.3 is 5.97 Å². The molecule has 0 radical (unpaired) electrons. The van der Waals surface area contributed by atoms with Gasteiger partial charge in [-0.05, 0) is 60.7 Å². The van der Waals surface area contributed by atoms with Crippen LogP contribution in [0.2, 0.25) is 10.0 Å². The molecule has 0 amide bonds. The van der Waals surface area contributed by atoms with Crippen LogP contribution in [0.15, 0.2) is 91.0 Å². The highest BCUT2D eigenvalue weighted by molar-refractivity contribution is 6.31. The summed E-state index contributed by atoms with van der Waals surface area (Å²) in [6.45, 7) is 13.2. The minimum absolute atomic E-state index is 0.00768. The molecular formula is C36H41Cl2N5O2. The molecular weight excluding hydrogens is 605 g/mol. The van der Waals surface area contributed by atoms with Gasteiger partial charge in [0.05, 0.1) is 34.9 Å². The fraction of sp³-hybridized carbons (Fsp3) is 0.306. The number of para-hydroxylation sites is 1. The van der Waals surface area contributed by atoms with Crippen molar-refractivity contribution in [1.82, 2.24) is 19.6 Å². The zero-order chi connectivity index (χ0) is 32.8. The van der Waals surface area contributed by atoms with Crippen LogP contribution in [0.1, 0.15) is 70.7 Å². The third-order valence-corrected chi connectivity index (χ3v) is 7.45. The maximum Gasteiger partial charge on any atom is 0.311 e. The molecule has 0 saturated carbocycles. The monoisotopic (exact) mass is 645 g/mol. The van der Waals surface area contributed by atoms with Crippen molar-refractivity contribution in [2.45, 2.75) is 71.8 Å². The Morgan fingerprint density at radius 1 is 0.711 bits per heavy atom. The first kappa shape index (κ1) is 34.0. The number of rotatable bonds is 7. The van der Waals surface area contributed by atoms with Crippen molar-refractivity contribution >= 4 is 29.2 Å². The van der Waals surface area contributed by atoms with Gasteiger partial charge in [0.25, 0.3) is 0 Å². The van der Waals surface area contributed by atoms with Gasteiger partial charge in [-0.2, -0.15) is 10.2 Å². The number of carbonyl (C=O) groups is 1. The summed E-state index contributed by atoms with van der Waals surface area (Å²) in [6.07, 6.45) is 0.798. The highest BCUT2D eigenvalue weighted by Gasteiger charge is 2.22. The van der Waals surface area contributed by atoms with Gasteiger partial charge in [-0.3, -0.25) is 4.79 Å². The zero-order valence-corrected chi connectivity index (χ0v) is 28.2. The smallest absolute Gasteiger partial charge is 0.311 e. The number of hydrogen-bond acceptors (Lipinski definition) is 5. The lowest BCUT2D eigenvalue weighted by atomic mass is 9.92. The van der Waals surface area contributed by atoms with Gasteiger partial charge in [-0.25, -0.2) is 9.36 Å². The maximum atomic E-state index is 12.2. The molecule has 0 bridgehead atoms. The topological polar surface area (TPSA) is 88.0 Å². The molecule has 0 aliphatic carbocycles. The Labute approximate surface area is 275 Å². The normalized spacial score (nSPS) is 11.6. The van der Waals surface area contributed by atoms with Crippen LogP contribution in [0, 0.1) is 0 Å². The van der Waals surface area contributed by atoms with Crippen molar-refractivity contribution in [2.75, 3.05) is 0 Å². The Morgan fingerprint density at radius 2 is 1.20 bits per heavy atom. The highest BCUT2D eigenvalue weighted by atomic mass is 35.5. The molecule has 2 aromatic heterocycles. The van der Waals surface area contributed by atoms with Crippen LogP contribution in [-0.2, 0) is 28.6 Å². The van der Waals surface area contributed by atoms with E-state index < -0.39 is 0 Å². The second-order valence-electron chi connectivity index (χ2n) is 12.8. The number of halogens is 2. The Kier molecular flexibility index (Phi) is 10.9. The van der Waals surface area contributed by atoms with E-state index in [1.807, 2.05) is 76.1 Å². The first-order chi connectivity index (χ1) is 21.2. The first-order valence-corrected chi connectivity index (χ1v) is 15.7. The second-order valence-corrected chi connectivity index (χ2v) is 13.7. The van der Waals surface area contributed by atoms with Crippen LogP contribution in [-0.4, -0.2) is 25.5 Å². The lowest BCUT2D eigenvalue weighted by Crippen LogP contribution is -2.12. The molecule has 45 heavy (non-hydrogen) atoms. The number of hydrogen-bond donors (Lipinski definition) is 1. The summed E-state index contributed by atoms with van der Waals surface area (Å²) in [5.41, 5.74) is 11.5. The molecule has 0 spiro atoms. The number of nitrogens with zero attached hydrogens (tertiary/aromatic N) is 4. The number of aryl methyl sites for hydroxylation is 1. The van der Waals surface area contributed by atoms with Crippen molar-refractivity contribution in [3.63, 3.8) is 0 Å². The van der Waals surface area contributed by atoms with E-state index in [0.29, 0.717) is 28.8 Å². The quantitative estimate of drug-likeness (QED) is 0.141. The summed E-state index contributed by atoms with van der Waals surface area (Å²) >= 11 is 12.2. The summed E-state index contributed by atoms with van der Waals surface area (Å²) in [4.78, 5) is 12.2. The number of ether oxygens (including phenoxy) is 1. The standard InChI is InChI=1S/C22H23ClN2O2.C14H18ClN3/c1-22(2,3)20-15-18(25(24-20)17-9-7-8-16(23)14-17)12-13-21(26)27-19-10-5-4-6-11-19;1-14(2,3)13-8-12(9-16)18(17-13)11-6-4-5-10(15)7-11/h4-11,14-15H,12-13H2,1-3H3;4-8H,9,16H2,1-3H3. The molecule has 2 N–H and O–H groups in total. The third kappa shape index (κ3) is 9.30. The molecule has 5 aromatic rings. The van der Waals surface area contributed by atoms with E-state index in [-0.39, 0.29) is 23.2 Å². The lowest BCUT2D eigenvalue weighted by molar-refractivity contribution is -0.134. The van der Waals surface area contributed by atoms with Crippen molar-refractivity contribution in [1.29, 1.82) is 0 Å². The number of benzene rings is 3. The SMILES string of the molecule is CC(C)(C)c1cc(CCC(=O)Oc2ccccc2)n(-c2cccc(Cl)c2)n1.CC(C)(C)c1cc(CN)n(-c2cccc(Cl)c2)n1.